The highest BCUT2D eigenvalue weighted by Gasteiger charge is 2.32. The van der Waals surface area contributed by atoms with Gasteiger partial charge in [-0.1, -0.05) is 0 Å². The van der Waals surface area contributed by atoms with Gasteiger partial charge < -0.3 is 14.8 Å². The molecule has 0 spiro atoms. The normalized spacial score (nSPS) is 15.2. The van der Waals surface area contributed by atoms with Crippen molar-refractivity contribution in [3.63, 3.8) is 0 Å². The zero-order valence-electron chi connectivity index (χ0n) is 11.4. The Bertz CT molecular complexity index is 694. The second-order valence-electron chi connectivity index (χ2n) is 4.84. The third-order valence-corrected chi connectivity index (χ3v) is 3.46. The van der Waals surface area contributed by atoms with E-state index >= 15 is 0 Å². The minimum atomic E-state index is -0.784. The van der Waals surface area contributed by atoms with Gasteiger partial charge in [-0.05, 0) is 30.3 Å². The van der Waals surface area contributed by atoms with Gasteiger partial charge in [0.05, 0.1) is 17.4 Å². The number of hydrogen-bond acceptors (Lipinski definition) is 5. The first-order valence-electron chi connectivity index (χ1n) is 6.49. The summed E-state index contributed by atoms with van der Waals surface area (Å²) in [7, 11) is 1.46. The maximum Gasteiger partial charge on any atom is 0.261 e. The quantitative estimate of drug-likeness (QED) is 0.835. The Balaban J connectivity index is 1.74. The molecule has 108 valence electrons. The van der Waals surface area contributed by atoms with Crippen LogP contribution in [-0.4, -0.2) is 35.4 Å². The molecule has 1 aliphatic heterocycles. The van der Waals surface area contributed by atoms with Crippen molar-refractivity contribution in [1.82, 2.24) is 4.90 Å². The van der Waals surface area contributed by atoms with Crippen LogP contribution in [0.4, 0.5) is 5.69 Å². The highest BCUT2D eigenvalue weighted by molar-refractivity contribution is 6.21. The van der Waals surface area contributed by atoms with Gasteiger partial charge in [-0.15, -0.1) is 0 Å². The number of amides is 2. The van der Waals surface area contributed by atoms with Gasteiger partial charge in [0.25, 0.3) is 11.8 Å². The summed E-state index contributed by atoms with van der Waals surface area (Å²) in [5, 5.41) is 12.9. The van der Waals surface area contributed by atoms with E-state index in [4.69, 9.17) is 4.42 Å². The lowest BCUT2D eigenvalue weighted by Gasteiger charge is -2.11. The Morgan fingerprint density at radius 2 is 2.00 bits per heavy atom. The van der Waals surface area contributed by atoms with E-state index in [2.05, 4.69) is 5.32 Å². The molecule has 2 amide bonds. The molecule has 0 radical (unpaired) electrons. The molecule has 1 aromatic carbocycles. The Hall–Kier alpha value is -2.60. The minimum Gasteiger partial charge on any atom is -0.467 e. The molecule has 21 heavy (non-hydrogen) atoms. The van der Waals surface area contributed by atoms with Crippen molar-refractivity contribution < 1.29 is 19.1 Å². The number of benzene rings is 1. The van der Waals surface area contributed by atoms with Crippen molar-refractivity contribution in [3.05, 3.63) is 53.5 Å². The number of imide groups is 1. The summed E-state index contributed by atoms with van der Waals surface area (Å²) >= 11 is 0. The zero-order chi connectivity index (χ0) is 15.0. The number of aliphatic hydroxyl groups is 1. The third kappa shape index (κ3) is 2.30. The molecule has 3 rings (SSSR count). The van der Waals surface area contributed by atoms with E-state index in [-0.39, 0.29) is 18.4 Å². The van der Waals surface area contributed by atoms with E-state index in [9.17, 15) is 14.7 Å². The summed E-state index contributed by atoms with van der Waals surface area (Å²) in [5.74, 6) is -0.142. The molecule has 1 unspecified atom stereocenters. The zero-order valence-corrected chi connectivity index (χ0v) is 11.4. The standard InChI is InChI=1S/C15H14N2O4/c1-17-14(19)10-5-4-9(7-11(10)15(17)20)16-8-12(18)13-3-2-6-21-13/h2-7,12,16,18H,8H2,1H3. The lowest BCUT2D eigenvalue weighted by Crippen LogP contribution is -2.24. The maximum absolute atomic E-state index is 11.9. The van der Waals surface area contributed by atoms with Crippen LogP contribution in [0, 0.1) is 0 Å². The molecule has 0 fully saturated rings. The molecule has 2 N–H and O–H groups in total. The molecule has 6 heteroatoms. The number of aliphatic hydroxyl groups excluding tert-OH is 1. The van der Waals surface area contributed by atoms with Crippen LogP contribution < -0.4 is 5.32 Å². The van der Waals surface area contributed by atoms with Gasteiger partial charge >= 0.3 is 0 Å². The highest BCUT2D eigenvalue weighted by Crippen LogP contribution is 2.25. The van der Waals surface area contributed by atoms with Crippen molar-refractivity contribution in [2.24, 2.45) is 0 Å². The molecule has 2 heterocycles. The SMILES string of the molecule is CN1C(=O)c2ccc(NCC(O)c3ccco3)cc2C1=O. The second kappa shape index (κ2) is 5.06. The first-order valence-corrected chi connectivity index (χ1v) is 6.49. The molecule has 1 aromatic heterocycles. The average molecular weight is 286 g/mol. The van der Waals surface area contributed by atoms with Crippen LogP contribution in [0.15, 0.2) is 41.0 Å². The van der Waals surface area contributed by atoms with Gasteiger partial charge in [0.1, 0.15) is 11.9 Å². The van der Waals surface area contributed by atoms with Crippen LogP contribution >= 0.6 is 0 Å². The summed E-state index contributed by atoms with van der Waals surface area (Å²) < 4.78 is 5.11. The lowest BCUT2D eigenvalue weighted by atomic mass is 10.1. The van der Waals surface area contributed by atoms with Crippen LogP contribution in [0.25, 0.3) is 0 Å². The molecule has 1 aliphatic rings. The van der Waals surface area contributed by atoms with E-state index in [1.807, 2.05) is 0 Å². The van der Waals surface area contributed by atoms with E-state index in [0.29, 0.717) is 22.6 Å². The van der Waals surface area contributed by atoms with E-state index < -0.39 is 6.10 Å². The van der Waals surface area contributed by atoms with Crippen molar-refractivity contribution in [2.45, 2.75) is 6.10 Å². The van der Waals surface area contributed by atoms with E-state index in [1.165, 1.54) is 13.3 Å². The Morgan fingerprint density at radius 3 is 2.71 bits per heavy atom. The van der Waals surface area contributed by atoms with Gasteiger partial charge in [-0.2, -0.15) is 0 Å². The van der Waals surface area contributed by atoms with Gasteiger partial charge in [0.2, 0.25) is 0 Å². The number of nitrogens with zero attached hydrogens (tertiary/aromatic N) is 1. The Labute approximate surface area is 121 Å². The van der Waals surface area contributed by atoms with Gasteiger partial charge in [-0.25, -0.2) is 0 Å². The van der Waals surface area contributed by atoms with E-state index in [1.54, 1.807) is 30.3 Å². The average Bonchev–Trinajstić information content (AvgIpc) is 3.10. The molecule has 0 bridgehead atoms. The van der Waals surface area contributed by atoms with Gasteiger partial charge in [-0.3, -0.25) is 14.5 Å². The first kappa shape index (κ1) is 13.4. The van der Waals surface area contributed by atoms with Crippen molar-refractivity contribution in [1.29, 1.82) is 0 Å². The van der Waals surface area contributed by atoms with Crippen molar-refractivity contribution >= 4 is 17.5 Å². The number of hydrogen-bond donors (Lipinski definition) is 2. The monoisotopic (exact) mass is 286 g/mol. The van der Waals surface area contributed by atoms with Crippen LogP contribution in [-0.2, 0) is 0 Å². The van der Waals surface area contributed by atoms with Gasteiger partial charge in [0, 0.05) is 19.3 Å². The maximum atomic E-state index is 11.9. The molecule has 2 aromatic rings. The fourth-order valence-electron chi connectivity index (χ4n) is 2.27. The molecule has 6 nitrogen and oxygen atoms in total. The summed E-state index contributed by atoms with van der Waals surface area (Å²) in [6.07, 6.45) is 0.710. The van der Waals surface area contributed by atoms with Crippen LogP contribution in [0.3, 0.4) is 0 Å². The number of carbonyl (C=O) groups excluding carboxylic acids is 2. The van der Waals surface area contributed by atoms with Crippen molar-refractivity contribution in [2.75, 3.05) is 18.9 Å². The van der Waals surface area contributed by atoms with Crippen LogP contribution in [0.1, 0.15) is 32.6 Å². The highest BCUT2D eigenvalue weighted by atomic mass is 16.4. The lowest BCUT2D eigenvalue weighted by molar-refractivity contribution is 0.0693. The van der Waals surface area contributed by atoms with Gasteiger partial charge in [0.15, 0.2) is 0 Å². The Kier molecular flexibility index (Phi) is 3.23. The molecule has 0 saturated heterocycles. The molecule has 0 saturated carbocycles. The first-order chi connectivity index (χ1) is 10.1. The number of anilines is 1. The number of fused-ring (bicyclic) bond motifs is 1. The van der Waals surface area contributed by atoms with Crippen LogP contribution in [0.2, 0.25) is 0 Å². The number of carbonyl (C=O) groups is 2. The van der Waals surface area contributed by atoms with Crippen LogP contribution in [0.5, 0.6) is 0 Å². The largest absolute Gasteiger partial charge is 0.467 e. The summed E-state index contributed by atoms with van der Waals surface area (Å²) in [4.78, 5) is 24.8. The minimum absolute atomic E-state index is 0.240. The molecular weight excluding hydrogens is 272 g/mol. The fourth-order valence-corrected chi connectivity index (χ4v) is 2.27. The predicted molar refractivity (Wildman–Crippen MR) is 75.0 cm³/mol. The third-order valence-electron chi connectivity index (χ3n) is 3.46. The summed E-state index contributed by atoms with van der Waals surface area (Å²) in [6, 6.07) is 8.33. The molecule has 1 atom stereocenters. The Morgan fingerprint density at radius 1 is 1.24 bits per heavy atom. The molecule has 0 aliphatic carbocycles. The van der Waals surface area contributed by atoms with E-state index in [0.717, 1.165) is 4.90 Å². The fraction of sp³-hybridized carbons (Fsp3) is 0.200. The summed E-state index contributed by atoms with van der Waals surface area (Å²) in [5.41, 5.74) is 1.44. The number of nitrogens with one attached hydrogen (secondary N) is 1. The second-order valence-corrected chi connectivity index (χ2v) is 4.84. The summed E-state index contributed by atoms with van der Waals surface area (Å²) in [6.45, 7) is 0.240. The topological polar surface area (TPSA) is 82.8 Å². The smallest absolute Gasteiger partial charge is 0.261 e. The molecular formula is C15H14N2O4. The number of rotatable bonds is 4. The predicted octanol–water partition coefficient (Wildman–Crippen LogP) is 1.65. The number of furan rings is 1. The van der Waals surface area contributed by atoms with Crippen molar-refractivity contribution in [3.8, 4) is 0 Å².